The van der Waals surface area contributed by atoms with Gasteiger partial charge < -0.3 is 23.7 Å². The van der Waals surface area contributed by atoms with Crippen LogP contribution in [0, 0.1) is 0 Å². The molecule has 9 nitrogen and oxygen atoms in total. The van der Waals surface area contributed by atoms with E-state index in [2.05, 4.69) is 15.9 Å². The second-order valence-corrected chi connectivity index (χ2v) is 10.6. The molecule has 0 aliphatic carbocycles. The molecule has 0 N–H and O–H groups in total. The van der Waals surface area contributed by atoms with Gasteiger partial charge in [-0.05, 0) is 48.5 Å². The van der Waals surface area contributed by atoms with Crippen molar-refractivity contribution in [3.05, 3.63) is 144 Å². The highest BCUT2D eigenvalue weighted by Gasteiger charge is 2.52. The maximum absolute atomic E-state index is 13.3. The number of carbonyl (C=O) groups is 4. The van der Waals surface area contributed by atoms with Crippen LogP contribution in [0.25, 0.3) is 0 Å². The second kappa shape index (κ2) is 14.6. The number of rotatable bonds is 9. The molecule has 0 radical (unpaired) electrons. The number of hydrogen-bond donors (Lipinski definition) is 0. The zero-order chi connectivity index (χ0) is 30.9. The Morgan fingerprint density at radius 3 is 1.25 bits per heavy atom. The summed E-state index contributed by atoms with van der Waals surface area (Å²) < 4.78 is 29.3. The van der Waals surface area contributed by atoms with E-state index in [-0.39, 0.29) is 23.3 Å². The van der Waals surface area contributed by atoms with E-state index >= 15 is 0 Å². The fourth-order valence-corrected chi connectivity index (χ4v) is 5.20. The van der Waals surface area contributed by atoms with E-state index in [4.69, 9.17) is 23.7 Å². The minimum absolute atomic E-state index is 0.221. The molecule has 44 heavy (non-hydrogen) atoms. The van der Waals surface area contributed by atoms with Crippen LogP contribution >= 0.6 is 15.9 Å². The fraction of sp³-hybridized carbons (Fsp3) is 0.176. The number of halogens is 1. The van der Waals surface area contributed by atoms with E-state index in [0.717, 1.165) is 0 Å². The predicted octanol–water partition coefficient (Wildman–Crippen LogP) is 5.64. The second-order valence-electron chi connectivity index (χ2n) is 9.70. The molecule has 1 saturated heterocycles. The van der Waals surface area contributed by atoms with Gasteiger partial charge in [0.25, 0.3) is 0 Å². The lowest BCUT2D eigenvalue weighted by molar-refractivity contribution is -0.205. The highest BCUT2D eigenvalue weighted by Crippen LogP contribution is 2.33. The highest BCUT2D eigenvalue weighted by atomic mass is 79.9. The van der Waals surface area contributed by atoms with Gasteiger partial charge in [-0.1, -0.05) is 88.7 Å². The Morgan fingerprint density at radius 2 is 0.841 bits per heavy atom. The van der Waals surface area contributed by atoms with Gasteiger partial charge in [-0.2, -0.15) is 0 Å². The molecule has 0 bridgehead atoms. The summed E-state index contributed by atoms with van der Waals surface area (Å²) in [7, 11) is 0. The summed E-state index contributed by atoms with van der Waals surface area (Å²) in [4.78, 5) is 52.6. The number of esters is 4. The minimum atomic E-state index is -1.37. The van der Waals surface area contributed by atoms with Gasteiger partial charge in [-0.25, -0.2) is 19.2 Å². The zero-order valence-electron chi connectivity index (χ0n) is 23.2. The van der Waals surface area contributed by atoms with Crippen LogP contribution in [0.1, 0.15) is 41.4 Å². The molecule has 10 heteroatoms. The van der Waals surface area contributed by atoms with Crippen LogP contribution < -0.4 is 0 Å². The van der Waals surface area contributed by atoms with Gasteiger partial charge in [0.05, 0.1) is 22.3 Å². The van der Waals surface area contributed by atoms with Crippen molar-refractivity contribution in [1.82, 2.24) is 0 Å². The summed E-state index contributed by atoms with van der Waals surface area (Å²) in [5.74, 6) is -2.85. The normalized spacial score (nSPS) is 21.0. The monoisotopic (exact) mass is 658 g/mol. The zero-order valence-corrected chi connectivity index (χ0v) is 24.8. The van der Waals surface area contributed by atoms with Gasteiger partial charge in [-0.15, -0.1) is 0 Å². The predicted molar refractivity (Wildman–Crippen MR) is 161 cm³/mol. The van der Waals surface area contributed by atoms with E-state index in [1.165, 1.54) is 0 Å². The first-order chi connectivity index (χ1) is 21.4. The summed E-state index contributed by atoms with van der Waals surface area (Å²) in [5.41, 5.74) is 0.994. The van der Waals surface area contributed by atoms with Crippen LogP contribution in [0.3, 0.4) is 0 Å². The Bertz CT molecular complexity index is 1570. The van der Waals surface area contributed by atoms with Crippen LogP contribution in [0.4, 0.5) is 0 Å². The summed E-state index contributed by atoms with van der Waals surface area (Å²) >= 11 is 3.40. The van der Waals surface area contributed by atoms with Crippen molar-refractivity contribution in [3.8, 4) is 0 Å². The third-order valence-corrected chi connectivity index (χ3v) is 7.46. The molecule has 1 aliphatic rings. The van der Waals surface area contributed by atoms with E-state index in [1.54, 1.807) is 121 Å². The first kappa shape index (κ1) is 30.7. The first-order valence-electron chi connectivity index (χ1n) is 13.7. The lowest BCUT2D eigenvalue weighted by Crippen LogP contribution is -2.61. The molecule has 5 atom stereocenters. The summed E-state index contributed by atoms with van der Waals surface area (Å²) in [5, 5.41) is -1.05. The molecule has 0 aromatic heterocycles. The smallest absolute Gasteiger partial charge is 0.338 e. The van der Waals surface area contributed by atoms with Crippen molar-refractivity contribution >= 4 is 39.8 Å². The summed E-state index contributed by atoms with van der Waals surface area (Å²) in [6.45, 7) is -0.374. The number of ether oxygens (including phenoxy) is 5. The molecule has 4 aromatic carbocycles. The van der Waals surface area contributed by atoms with E-state index < -0.39 is 53.3 Å². The van der Waals surface area contributed by atoms with Gasteiger partial charge in [0.2, 0.25) is 0 Å². The number of alkyl halides is 1. The van der Waals surface area contributed by atoms with Crippen molar-refractivity contribution in [2.45, 2.75) is 29.4 Å². The summed E-state index contributed by atoms with van der Waals surface area (Å²) in [6, 6.07) is 32.9. The van der Waals surface area contributed by atoms with Crippen LogP contribution in [-0.2, 0) is 23.7 Å². The molecule has 4 aromatic rings. The Kier molecular flexibility index (Phi) is 10.2. The Labute approximate surface area is 261 Å². The van der Waals surface area contributed by atoms with Crippen molar-refractivity contribution < 1.29 is 42.9 Å². The van der Waals surface area contributed by atoms with Crippen LogP contribution in [0.15, 0.2) is 121 Å². The molecule has 1 fully saturated rings. The van der Waals surface area contributed by atoms with E-state index in [0.29, 0.717) is 5.56 Å². The summed E-state index contributed by atoms with van der Waals surface area (Å²) in [6.07, 6.45) is -5.13. The highest BCUT2D eigenvalue weighted by molar-refractivity contribution is 9.09. The van der Waals surface area contributed by atoms with Crippen molar-refractivity contribution in [3.63, 3.8) is 0 Å². The van der Waals surface area contributed by atoms with Crippen molar-refractivity contribution in [2.75, 3.05) is 6.61 Å². The van der Waals surface area contributed by atoms with Crippen molar-refractivity contribution in [2.24, 2.45) is 0 Å². The topological polar surface area (TPSA) is 114 Å². The van der Waals surface area contributed by atoms with Gasteiger partial charge >= 0.3 is 23.9 Å². The van der Waals surface area contributed by atoms with E-state index in [1.807, 2.05) is 0 Å². The number of carbonyl (C=O) groups excluding carboxylic acids is 4. The average molecular weight is 659 g/mol. The quantitative estimate of drug-likeness (QED) is 0.128. The molecule has 0 spiro atoms. The minimum Gasteiger partial charge on any atom is -0.459 e. The lowest BCUT2D eigenvalue weighted by Gasteiger charge is -2.43. The van der Waals surface area contributed by atoms with Crippen LogP contribution in [-0.4, -0.2) is 59.9 Å². The van der Waals surface area contributed by atoms with Gasteiger partial charge in [0.1, 0.15) is 12.7 Å². The molecule has 0 amide bonds. The Balaban J connectivity index is 1.48. The largest absolute Gasteiger partial charge is 0.459 e. The Morgan fingerprint density at radius 1 is 0.500 bits per heavy atom. The van der Waals surface area contributed by atoms with E-state index in [9.17, 15) is 19.2 Å². The third-order valence-electron chi connectivity index (χ3n) is 6.72. The fourth-order valence-electron chi connectivity index (χ4n) is 4.51. The van der Waals surface area contributed by atoms with Crippen molar-refractivity contribution in [1.29, 1.82) is 0 Å². The maximum Gasteiger partial charge on any atom is 0.338 e. The van der Waals surface area contributed by atoms with Gasteiger partial charge in [0, 0.05) is 0 Å². The molecule has 224 valence electrons. The van der Waals surface area contributed by atoms with Crippen LogP contribution in [0.5, 0.6) is 0 Å². The molecule has 1 heterocycles. The molecular weight excluding hydrogens is 632 g/mol. The van der Waals surface area contributed by atoms with Gasteiger partial charge in [-0.3, -0.25) is 0 Å². The SMILES string of the molecule is O=C(OC[C@H]1OC(Br)[C@H](OC(=O)c2ccccc2)[C@@H](OC(=O)c2ccccc2)[C@H]1OC(=O)c1ccccc1)c1ccccc1. The van der Waals surface area contributed by atoms with Gasteiger partial charge in [0.15, 0.2) is 23.3 Å². The molecule has 0 saturated carbocycles. The lowest BCUT2D eigenvalue weighted by atomic mass is 9.99. The average Bonchev–Trinajstić information content (AvgIpc) is 3.07. The molecular formula is C34H27BrO9. The molecule has 1 unspecified atom stereocenters. The molecule has 1 aliphatic heterocycles. The third kappa shape index (κ3) is 7.58. The Hall–Kier alpha value is -4.80. The number of hydrogen-bond acceptors (Lipinski definition) is 9. The van der Waals surface area contributed by atoms with Crippen LogP contribution in [0.2, 0.25) is 0 Å². The molecule has 5 rings (SSSR count). The number of benzene rings is 4. The first-order valence-corrected chi connectivity index (χ1v) is 14.6. The maximum atomic E-state index is 13.3. The standard InChI is InChI=1S/C34H27BrO9/c35-30-29(44-34(39)25-19-11-4-12-20-25)28(43-33(38)24-17-9-3-10-18-24)27(42-32(37)23-15-7-2-8-16-23)26(41-30)21-40-31(36)22-13-5-1-6-14-22/h1-20,26-30H,21H2/t26-,27+,28+,29-,30?/m1/s1.